The van der Waals surface area contributed by atoms with Gasteiger partial charge < -0.3 is 19.9 Å². The SMILES string of the molecule is COc1ccc2[nH]c(C)c(CCN(Cc3ccncc3)C(=S)NCCc3ccccc3)c2c1. The van der Waals surface area contributed by atoms with Crippen molar-refractivity contribution in [2.75, 3.05) is 20.2 Å². The summed E-state index contributed by atoms with van der Waals surface area (Å²) in [4.78, 5) is 9.89. The number of aromatic amines is 1. The highest BCUT2D eigenvalue weighted by molar-refractivity contribution is 7.80. The van der Waals surface area contributed by atoms with Crippen LogP contribution < -0.4 is 10.1 Å². The van der Waals surface area contributed by atoms with Gasteiger partial charge in [0.15, 0.2) is 5.11 Å². The van der Waals surface area contributed by atoms with Crippen LogP contribution in [-0.2, 0) is 19.4 Å². The standard InChI is InChI=1S/C27H30N4OS/c1-20-24(25-18-23(32-2)8-9-26(25)30-20)13-17-31(19-22-10-14-28-15-11-22)27(33)29-16-12-21-6-4-3-5-7-21/h3-11,14-15,18,30H,12-13,16-17,19H2,1-2H3,(H,29,33). The lowest BCUT2D eigenvalue weighted by Gasteiger charge is -2.26. The number of thiocarbonyl (C=S) groups is 1. The summed E-state index contributed by atoms with van der Waals surface area (Å²) >= 11 is 5.82. The van der Waals surface area contributed by atoms with E-state index in [1.54, 1.807) is 7.11 Å². The fourth-order valence-corrected chi connectivity index (χ4v) is 4.35. The molecule has 4 aromatic rings. The zero-order chi connectivity index (χ0) is 23.0. The zero-order valence-electron chi connectivity index (χ0n) is 19.2. The van der Waals surface area contributed by atoms with Crippen LogP contribution in [0.4, 0.5) is 0 Å². The maximum Gasteiger partial charge on any atom is 0.169 e. The Morgan fingerprint density at radius 3 is 2.58 bits per heavy atom. The normalized spacial score (nSPS) is 10.8. The van der Waals surface area contributed by atoms with E-state index in [0.29, 0.717) is 0 Å². The molecule has 0 spiro atoms. The van der Waals surface area contributed by atoms with E-state index in [1.165, 1.54) is 27.8 Å². The van der Waals surface area contributed by atoms with Crippen LogP contribution in [0.2, 0.25) is 0 Å². The Morgan fingerprint density at radius 1 is 1.03 bits per heavy atom. The Bertz CT molecular complexity index is 1190. The van der Waals surface area contributed by atoms with Crippen molar-refractivity contribution in [3.63, 3.8) is 0 Å². The highest BCUT2D eigenvalue weighted by Gasteiger charge is 2.14. The van der Waals surface area contributed by atoms with Crippen molar-refractivity contribution in [2.24, 2.45) is 0 Å². The highest BCUT2D eigenvalue weighted by Crippen LogP contribution is 2.27. The van der Waals surface area contributed by atoms with Crippen molar-refractivity contribution in [1.29, 1.82) is 0 Å². The Morgan fingerprint density at radius 2 is 1.82 bits per heavy atom. The minimum atomic E-state index is 0.740. The molecule has 0 fully saturated rings. The lowest BCUT2D eigenvalue weighted by Crippen LogP contribution is -2.41. The minimum Gasteiger partial charge on any atom is -0.497 e. The summed E-state index contributed by atoms with van der Waals surface area (Å²) < 4.78 is 5.45. The molecule has 2 aromatic carbocycles. The number of hydrogen-bond donors (Lipinski definition) is 2. The van der Waals surface area contributed by atoms with E-state index < -0.39 is 0 Å². The van der Waals surface area contributed by atoms with Crippen LogP contribution >= 0.6 is 12.2 Å². The molecule has 0 aliphatic carbocycles. The first-order valence-corrected chi connectivity index (χ1v) is 11.7. The molecule has 0 saturated heterocycles. The van der Waals surface area contributed by atoms with Crippen molar-refractivity contribution in [2.45, 2.75) is 26.3 Å². The second kappa shape index (κ2) is 11.0. The van der Waals surface area contributed by atoms with E-state index in [2.05, 4.69) is 63.5 Å². The number of nitrogens with zero attached hydrogens (tertiary/aromatic N) is 2. The van der Waals surface area contributed by atoms with Crippen LogP contribution in [-0.4, -0.2) is 40.2 Å². The quantitative estimate of drug-likeness (QED) is 0.344. The minimum absolute atomic E-state index is 0.740. The topological polar surface area (TPSA) is 53.2 Å². The molecule has 2 aromatic heterocycles. The summed E-state index contributed by atoms with van der Waals surface area (Å²) in [5, 5.41) is 5.45. The number of aryl methyl sites for hydroxylation is 1. The first kappa shape index (κ1) is 22.8. The molecule has 0 aliphatic rings. The van der Waals surface area contributed by atoms with Gasteiger partial charge in [0.05, 0.1) is 7.11 Å². The third-order valence-corrected chi connectivity index (χ3v) is 6.30. The summed E-state index contributed by atoms with van der Waals surface area (Å²) in [5.74, 6) is 0.870. The number of rotatable bonds is 9. The molecular formula is C27H30N4OS. The smallest absolute Gasteiger partial charge is 0.169 e. The predicted octanol–water partition coefficient (Wildman–Crippen LogP) is 5.04. The van der Waals surface area contributed by atoms with Gasteiger partial charge in [-0.25, -0.2) is 0 Å². The number of pyridine rings is 1. The number of methoxy groups -OCH3 is 1. The predicted molar refractivity (Wildman–Crippen MR) is 139 cm³/mol. The number of nitrogens with one attached hydrogen (secondary N) is 2. The van der Waals surface area contributed by atoms with Gasteiger partial charge in [0.1, 0.15) is 5.75 Å². The van der Waals surface area contributed by atoms with E-state index in [1.807, 2.05) is 36.7 Å². The van der Waals surface area contributed by atoms with Crippen molar-refractivity contribution >= 4 is 28.2 Å². The van der Waals surface area contributed by atoms with Gasteiger partial charge in [-0.2, -0.15) is 0 Å². The molecule has 0 saturated carbocycles. The monoisotopic (exact) mass is 458 g/mol. The average molecular weight is 459 g/mol. The molecule has 2 N–H and O–H groups in total. The third kappa shape index (κ3) is 5.90. The average Bonchev–Trinajstić information content (AvgIpc) is 3.16. The van der Waals surface area contributed by atoms with Gasteiger partial charge in [0.25, 0.3) is 0 Å². The van der Waals surface area contributed by atoms with Gasteiger partial charge in [-0.1, -0.05) is 30.3 Å². The highest BCUT2D eigenvalue weighted by atomic mass is 32.1. The molecule has 0 amide bonds. The van der Waals surface area contributed by atoms with Crippen LogP contribution in [0.25, 0.3) is 10.9 Å². The largest absolute Gasteiger partial charge is 0.497 e. The van der Waals surface area contributed by atoms with E-state index in [4.69, 9.17) is 17.0 Å². The molecule has 33 heavy (non-hydrogen) atoms. The number of fused-ring (bicyclic) bond motifs is 1. The van der Waals surface area contributed by atoms with Crippen LogP contribution in [0.3, 0.4) is 0 Å². The molecule has 0 atom stereocenters. The van der Waals surface area contributed by atoms with Gasteiger partial charge >= 0.3 is 0 Å². The van der Waals surface area contributed by atoms with E-state index in [9.17, 15) is 0 Å². The summed E-state index contributed by atoms with van der Waals surface area (Å²) in [6, 6.07) is 20.7. The van der Waals surface area contributed by atoms with Crippen LogP contribution in [0, 0.1) is 6.92 Å². The zero-order valence-corrected chi connectivity index (χ0v) is 20.0. The van der Waals surface area contributed by atoms with Gasteiger partial charge in [-0.15, -0.1) is 0 Å². The number of ether oxygens (including phenoxy) is 1. The number of H-pyrrole nitrogens is 1. The summed E-state index contributed by atoms with van der Waals surface area (Å²) in [6.07, 6.45) is 5.47. The molecule has 0 unspecified atom stereocenters. The maximum atomic E-state index is 5.82. The van der Waals surface area contributed by atoms with E-state index >= 15 is 0 Å². The summed E-state index contributed by atoms with van der Waals surface area (Å²) in [7, 11) is 1.70. The van der Waals surface area contributed by atoms with Gasteiger partial charge in [0, 0.05) is 48.6 Å². The van der Waals surface area contributed by atoms with Gasteiger partial charge in [-0.05, 0) is 79.0 Å². The number of aromatic nitrogens is 2. The third-order valence-electron chi connectivity index (χ3n) is 5.90. The molecule has 0 aliphatic heterocycles. The lowest BCUT2D eigenvalue weighted by molar-refractivity contribution is 0.409. The number of hydrogen-bond acceptors (Lipinski definition) is 3. The first-order chi connectivity index (χ1) is 16.1. The Balaban J connectivity index is 1.47. The van der Waals surface area contributed by atoms with Gasteiger partial charge in [0.2, 0.25) is 0 Å². The number of benzene rings is 2. The second-order valence-corrected chi connectivity index (χ2v) is 8.52. The molecule has 4 rings (SSSR count). The van der Waals surface area contributed by atoms with Crippen molar-refractivity contribution in [3.8, 4) is 5.75 Å². The Labute approximate surface area is 200 Å². The fraction of sp³-hybridized carbons (Fsp3) is 0.259. The molecule has 5 nitrogen and oxygen atoms in total. The van der Waals surface area contributed by atoms with Crippen molar-refractivity contribution < 1.29 is 4.74 Å². The second-order valence-electron chi connectivity index (χ2n) is 8.13. The molecule has 170 valence electrons. The fourth-order valence-electron chi connectivity index (χ4n) is 4.09. The Hall–Kier alpha value is -3.38. The molecule has 0 radical (unpaired) electrons. The van der Waals surface area contributed by atoms with Gasteiger partial charge in [-0.3, -0.25) is 4.98 Å². The van der Waals surface area contributed by atoms with Crippen LogP contribution in [0.15, 0.2) is 73.1 Å². The molecule has 0 bridgehead atoms. The lowest BCUT2D eigenvalue weighted by atomic mass is 10.1. The van der Waals surface area contributed by atoms with Crippen molar-refractivity contribution in [3.05, 3.63) is 95.4 Å². The molecular weight excluding hydrogens is 428 g/mol. The summed E-state index contributed by atoms with van der Waals surface area (Å²) in [5.41, 5.74) is 6.11. The summed E-state index contributed by atoms with van der Waals surface area (Å²) in [6.45, 7) is 4.49. The molecule has 6 heteroatoms. The van der Waals surface area contributed by atoms with Crippen LogP contribution in [0.1, 0.15) is 22.4 Å². The van der Waals surface area contributed by atoms with E-state index in [-0.39, 0.29) is 0 Å². The maximum absolute atomic E-state index is 5.82. The molecule has 2 heterocycles. The van der Waals surface area contributed by atoms with Crippen molar-refractivity contribution in [1.82, 2.24) is 20.2 Å². The Kier molecular flexibility index (Phi) is 7.58. The van der Waals surface area contributed by atoms with Crippen LogP contribution in [0.5, 0.6) is 5.75 Å². The van der Waals surface area contributed by atoms with E-state index in [0.717, 1.165) is 48.9 Å². The first-order valence-electron chi connectivity index (χ1n) is 11.2.